The Hall–Kier alpha value is 2.73. The Bertz CT molecular complexity index is 930. The van der Waals surface area contributed by atoms with Gasteiger partial charge in [-0.05, 0) is 133 Å². The van der Waals surface area contributed by atoms with E-state index in [-0.39, 0.29) is 18.3 Å². The second kappa shape index (κ2) is 49.3. The molecule has 0 aromatic heterocycles. The highest BCUT2D eigenvalue weighted by Gasteiger charge is 2.38. The van der Waals surface area contributed by atoms with Crippen molar-refractivity contribution in [3.05, 3.63) is 0 Å². The zero-order valence-corrected chi connectivity index (χ0v) is 64.7. The fraction of sp³-hybridized carbons (Fsp3) is 1.00. The molecule has 3 aliphatic heterocycles. The van der Waals surface area contributed by atoms with Gasteiger partial charge >= 0.3 is 27.9 Å². The standard InChI is InChI=1S/C24H74O13Si15.6C2H6/c1-22-19-44(4)32-45(5)33-48(25-22)15-11-38-28-42-29-39-13-17-50-27-24(3)21-52(10,37-47(7)35-50)18-14-41-31-43-30-40-12-16-49-26-23(2)20-51(8,9)36-46(6)34-49;6*1-2/h22-24,44-50H,11-21,38-43H2,1-10H3;6*1-2H3. The van der Waals surface area contributed by atoms with Gasteiger partial charge in [-0.15, -0.1) is 0 Å². The van der Waals surface area contributed by atoms with Crippen molar-refractivity contribution in [2.75, 3.05) is 0 Å². The Morgan fingerprint density at radius 3 is 1.27 bits per heavy atom. The molecule has 0 amide bonds. The number of hydrogen-bond donors (Lipinski definition) is 0. The lowest BCUT2D eigenvalue weighted by molar-refractivity contribution is 0.181. The van der Waals surface area contributed by atoms with Crippen LogP contribution in [0.1, 0.15) is 104 Å². The molecular formula is C36H110O13Si15. The van der Waals surface area contributed by atoms with Gasteiger partial charge in [0.15, 0.2) is 25.7 Å². The van der Waals surface area contributed by atoms with Crippen molar-refractivity contribution in [1.82, 2.24) is 0 Å². The molecule has 0 aromatic rings. The zero-order valence-electron chi connectivity index (χ0n) is 46.1. The first-order valence-electron chi connectivity index (χ1n) is 25.9. The summed E-state index contributed by atoms with van der Waals surface area (Å²) in [5, 5.41) is 0. The van der Waals surface area contributed by atoms with E-state index in [0.717, 1.165) is 66.5 Å². The van der Waals surface area contributed by atoms with Crippen molar-refractivity contribution >= 4 is 140 Å². The van der Waals surface area contributed by atoms with Crippen molar-refractivity contribution in [3.8, 4) is 0 Å². The normalized spacial score (nSPS) is 31.4. The molecule has 0 saturated carbocycles. The van der Waals surface area contributed by atoms with Gasteiger partial charge in [0.05, 0.1) is 0 Å². The molecule has 3 fully saturated rings. The highest BCUT2D eigenvalue weighted by Crippen LogP contribution is 2.28. The van der Waals surface area contributed by atoms with E-state index in [2.05, 4.69) is 66.6 Å². The maximum Gasteiger partial charge on any atom is 0.312 e. The summed E-state index contributed by atoms with van der Waals surface area (Å²) in [5.74, 6) is 0. The van der Waals surface area contributed by atoms with E-state index in [9.17, 15) is 0 Å². The van der Waals surface area contributed by atoms with Crippen LogP contribution in [-0.4, -0.2) is 159 Å². The maximum absolute atomic E-state index is 6.79. The summed E-state index contributed by atoms with van der Waals surface area (Å²) in [6.07, 6.45) is 0.735. The molecule has 3 saturated heterocycles. The monoisotopic (exact) mass is 1170 g/mol. The molecule has 64 heavy (non-hydrogen) atoms. The van der Waals surface area contributed by atoms with Crippen LogP contribution < -0.4 is 0 Å². The maximum atomic E-state index is 6.79. The summed E-state index contributed by atoms with van der Waals surface area (Å²) < 4.78 is 82.0. The Balaban J connectivity index is -0.00000138. The van der Waals surface area contributed by atoms with Crippen LogP contribution in [-0.2, 0) is 54.4 Å². The average Bonchev–Trinajstić information content (AvgIpc) is 3.24. The molecule has 3 heterocycles. The molecule has 0 radical (unpaired) electrons. The van der Waals surface area contributed by atoms with Gasteiger partial charge in [0.1, 0.15) is 39.1 Å². The van der Waals surface area contributed by atoms with Gasteiger partial charge < -0.3 is 54.4 Å². The smallest absolute Gasteiger partial charge is 0.312 e. The summed E-state index contributed by atoms with van der Waals surface area (Å²) in [6.45, 7) is 46.3. The summed E-state index contributed by atoms with van der Waals surface area (Å²) >= 11 is 0. The van der Waals surface area contributed by atoms with Crippen LogP contribution in [0.4, 0.5) is 0 Å². The lowest BCUT2D eigenvalue weighted by Gasteiger charge is -2.38. The molecule has 13 nitrogen and oxygen atoms in total. The minimum absolute atomic E-state index is 0.204. The first kappa shape index (κ1) is 73.3. The Morgan fingerprint density at radius 2 is 0.828 bits per heavy atom. The number of hydrogen-bond acceptors (Lipinski definition) is 13. The van der Waals surface area contributed by atoms with Crippen molar-refractivity contribution < 1.29 is 54.4 Å². The quantitative estimate of drug-likeness (QED) is 0.122. The summed E-state index contributed by atoms with van der Waals surface area (Å²) in [7, 11) is -18.5. The first-order chi connectivity index (χ1) is 30.7. The van der Waals surface area contributed by atoms with E-state index in [1.165, 1.54) is 0 Å². The highest BCUT2D eigenvalue weighted by molar-refractivity contribution is 6.80. The molecule has 0 aromatic carbocycles. The lowest BCUT2D eigenvalue weighted by atomic mass is 10.5. The van der Waals surface area contributed by atoms with Gasteiger partial charge in [-0.1, -0.05) is 83.1 Å². The first-order valence-corrected chi connectivity index (χ1v) is 54.5. The molecule has 3 rings (SSSR count). The topological polar surface area (TPSA) is 120 Å². The van der Waals surface area contributed by atoms with Crippen LogP contribution in [0.2, 0.25) is 112 Å². The van der Waals surface area contributed by atoms with E-state index >= 15 is 0 Å². The van der Waals surface area contributed by atoms with Crippen LogP contribution >= 0.6 is 0 Å². The molecule has 0 N–H and O–H groups in total. The van der Waals surface area contributed by atoms with E-state index in [0.29, 0.717) is 0 Å². The molecule has 0 aliphatic carbocycles. The molecule has 392 valence electrons. The summed E-state index contributed by atoms with van der Waals surface area (Å²) in [5.41, 5.74) is 0. The molecular weight excluding hydrogens is 1060 g/mol. The molecule has 3 aliphatic rings. The molecule has 0 bridgehead atoms. The van der Waals surface area contributed by atoms with Crippen LogP contribution in [0.25, 0.3) is 0 Å². The second-order valence-electron chi connectivity index (χ2n) is 15.7. The molecule has 28 heteroatoms. The summed E-state index contributed by atoms with van der Waals surface area (Å²) in [4.78, 5) is 0. The Morgan fingerprint density at radius 1 is 0.469 bits per heavy atom. The van der Waals surface area contributed by atoms with Crippen LogP contribution in [0.5, 0.6) is 0 Å². The Kier molecular flexibility index (Phi) is 56.5. The summed E-state index contributed by atoms with van der Waals surface area (Å²) in [6, 6.07) is 12.0. The van der Waals surface area contributed by atoms with Gasteiger partial charge in [0.2, 0.25) is 0 Å². The molecule has 0 spiro atoms. The van der Waals surface area contributed by atoms with Gasteiger partial charge in [-0.3, -0.25) is 0 Å². The van der Waals surface area contributed by atoms with E-state index in [4.69, 9.17) is 54.4 Å². The van der Waals surface area contributed by atoms with Crippen molar-refractivity contribution in [1.29, 1.82) is 0 Å². The lowest BCUT2D eigenvalue weighted by Crippen LogP contribution is -2.49. The largest absolute Gasteiger partial charge is 0.446 e. The van der Waals surface area contributed by atoms with Crippen LogP contribution in [0.15, 0.2) is 0 Å². The van der Waals surface area contributed by atoms with E-state index in [1.54, 1.807) is 0 Å². The predicted molar refractivity (Wildman–Crippen MR) is 317 cm³/mol. The third-order valence-electron chi connectivity index (χ3n) is 9.22. The number of rotatable bonds is 20. The minimum Gasteiger partial charge on any atom is -0.446 e. The molecule has 11 unspecified atom stereocenters. The second-order valence-corrected chi connectivity index (χ2v) is 51.7. The third kappa shape index (κ3) is 41.4. The minimum atomic E-state index is -1.88. The average molecular weight is 1170 g/mol. The van der Waals surface area contributed by atoms with Gasteiger partial charge in [-0.2, -0.15) is 0 Å². The van der Waals surface area contributed by atoms with Crippen molar-refractivity contribution in [2.45, 2.75) is 234 Å². The van der Waals surface area contributed by atoms with Crippen molar-refractivity contribution in [2.24, 2.45) is 0 Å². The highest BCUT2D eigenvalue weighted by atomic mass is 28.4. The van der Waals surface area contributed by atoms with Crippen LogP contribution in [0.3, 0.4) is 0 Å². The SMILES string of the molecule is CC.CC.CC.CC.CC.CC.CC1C[SiH](C)O[SiH](C)O[SiH](CC[SiH2]O[SiH2]O[SiH2]CC[SiH]2OC(C)C[Si](C)(CC[SiH2]O[SiH2]O[SiH2]CC[SiH]3OC(C)C[Si](C)(C)O[SiH](C)O3)O[SiH](C)O2)O1. The fourth-order valence-electron chi connectivity index (χ4n) is 7.38. The van der Waals surface area contributed by atoms with E-state index < -0.39 is 140 Å². The predicted octanol–water partition coefficient (Wildman–Crippen LogP) is 4.92. The van der Waals surface area contributed by atoms with Crippen molar-refractivity contribution in [3.63, 3.8) is 0 Å². The third-order valence-corrected chi connectivity index (χ3v) is 52.2. The Labute approximate surface area is 426 Å². The van der Waals surface area contributed by atoms with Crippen LogP contribution in [0, 0.1) is 0 Å². The van der Waals surface area contributed by atoms with E-state index in [1.807, 2.05) is 83.1 Å². The van der Waals surface area contributed by atoms with Gasteiger partial charge in [-0.25, -0.2) is 0 Å². The van der Waals surface area contributed by atoms with Gasteiger partial charge in [0.25, 0.3) is 47.9 Å². The van der Waals surface area contributed by atoms with Gasteiger partial charge in [0, 0.05) is 18.3 Å². The fourth-order valence-corrected chi connectivity index (χ4v) is 53.0. The zero-order chi connectivity index (χ0) is 50.0. The molecule has 11 atom stereocenters.